The van der Waals surface area contributed by atoms with Crippen molar-refractivity contribution in [2.75, 3.05) is 36.9 Å². The van der Waals surface area contributed by atoms with E-state index in [-0.39, 0.29) is 5.91 Å². The summed E-state index contributed by atoms with van der Waals surface area (Å²) in [5, 5.41) is 7.39. The number of hydrogen-bond acceptors (Lipinski definition) is 7. The first-order valence-electron chi connectivity index (χ1n) is 12.4. The first-order valence-corrected chi connectivity index (χ1v) is 12.4. The highest BCUT2D eigenvalue weighted by molar-refractivity contribution is 6.06. The second-order valence-corrected chi connectivity index (χ2v) is 10.2. The Balaban J connectivity index is 1.22. The Labute approximate surface area is 209 Å². The van der Waals surface area contributed by atoms with Crippen LogP contribution in [0.5, 0.6) is 0 Å². The SMILES string of the molecule is CN1CC[C@]12CCN(c1cccc(Nc3cnc(-c4ccnc5c4ccn5C)c4c3C(=O)NC4)n1)C2. The summed E-state index contributed by atoms with van der Waals surface area (Å²) in [5.74, 6) is 1.58. The Morgan fingerprint density at radius 1 is 1.08 bits per heavy atom. The van der Waals surface area contributed by atoms with E-state index in [0.717, 1.165) is 46.8 Å². The van der Waals surface area contributed by atoms with Crippen molar-refractivity contribution in [2.24, 2.45) is 7.05 Å². The van der Waals surface area contributed by atoms with Crippen LogP contribution in [0.25, 0.3) is 22.3 Å². The third-order valence-corrected chi connectivity index (χ3v) is 8.23. The molecule has 0 aromatic carbocycles. The predicted octanol–water partition coefficient (Wildman–Crippen LogP) is 3.30. The minimum Gasteiger partial charge on any atom is -0.355 e. The lowest BCUT2D eigenvalue weighted by Crippen LogP contribution is -2.59. The molecular weight excluding hydrogens is 452 g/mol. The molecule has 0 saturated carbocycles. The molecule has 182 valence electrons. The Morgan fingerprint density at radius 2 is 1.97 bits per heavy atom. The Morgan fingerprint density at radius 3 is 2.78 bits per heavy atom. The summed E-state index contributed by atoms with van der Waals surface area (Å²) in [4.78, 5) is 32.0. The molecule has 2 fully saturated rings. The lowest BCUT2D eigenvalue weighted by molar-refractivity contribution is 0.0307. The Bertz CT molecular complexity index is 1530. The van der Waals surface area contributed by atoms with Crippen LogP contribution in [-0.2, 0) is 13.6 Å². The van der Waals surface area contributed by atoms with Crippen molar-refractivity contribution < 1.29 is 4.79 Å². The second-order valence-electron chi connectivity index (χ2n) is 10.2. The van der Waals surface area contributed by atoms with Gasteiger partial charge in [0.2, 0.25) is 0 Å². The first-order chi connectivity index (χ1) is 17.5. The molecule has 0 radical (unpaired) electrons. The number of aromatic nitrogens is 4. The molecule has 7 heterocycles. The molecule has 1 amide bonds. The van der Waals surface area contributed by atoms with E-state index in [1.807, 2.05) is 42.1 Å². The molecule has 3 aliphatic heterocycles. The van der Waals surface area contributed by atoms with Gasteiger partial charge in [-0.1, -0.05) is 6.07 Å². The molecule has 0 unspecified atom stereocenters. The number of nitrogens with one attached hydrogen (secondary N) is 2. The molecule has 1 spiro atoms. The highest BCUT2D eigenvalue weighted by Gasteiger charge is 2.47. The zero-order valence-electron chi connectivity index (χ0n) is 20.5. The van der Waals surface area contributed by atoms with Crippen molar-refractivity contribution in [1.82, 2.24) is 29.7 Å². The summed E-state index contributed by atoms with van der Waals surface area (Å²) in [7, 11) is 4.19. The third-order valence-electron chi connectivity index (χ3n) is 8.23. The average Bonchev–Trinajstić information content (AvgIpc) is 3.62. The van der Waals surface area contributed by atoms with Crippen LogP contribution in [0, 0.1) is 0 Å². The summed E-state index contributed by atoms with van der Waals surface area (Å²) in [6.07, 6.45) is 7.96. The van der Waals surface area contributed by atoms with Gasteiger partial charge in [-0.25, -0.2) is 9.97 Å². The van der Waals surface area contributed by atoms with Crippen LogP contribution < -0.4 is 15.5 Å². The van der Waals surface area contributed by atoms with Crippen LogP contribution >= 0.6 is 0 Å². The van der Waals surface area contributed by atoms with E-state index >= 15 is 0 Å². The van der Waals surface area contributed by atoms with Crippen LogP contribution in [0.15, 0.2) is 48.9 Å². The number of likely N-dealkylation sites (tertiary alicyclic amines) is 1. The van der Waals surface area contributed by atoms with E-state index < -0.39 is 0 Å². The number of anilines is 3. The summed E-state index contributed by atoms with van der Waals surface area (Å²) >= 11 is 0. The van der Waals surface area contributed by atoms with Crippen LogP contribution in [-0.4, -0.2) is 62.5 Å². The fourth-order valence-electron chi connectivity index (χ4n) is 5.97. The van der Waals surface area contributed by atoms with Gasteiger partial charge >= 0.3 is 0 Å². The van der Waals surface area contributed by atoms with Gasteiger partial charge in [0.15, 0.2) is 0 Å². The summed E-state index contributed by atoms with van der Waals surface area (Å²) < 4.78 is 1.99. The largest absolute Gasteiger partial charge is 0.355 e. The van der Waals surface area contributed by atoms with Gasteiger partial charge in [0.25, 0.3) is 5.91 Å². The maximum absolute atomic E-state index is 12.9. The Hall–Kier alpha value is -3.98. The maximum atomic E-state index is 12.9. The average molecular weight is 481 g/mol. The molecule has 2 N–H and O–H groups in total. The van der Waals surface area contributed by atoms with E-state index in [1.54, 1.807) is 12.4 Å². The Kier molecular flexibility index (Phi) is 4.59. The molecular formula is C27H28N8O. The number of rotatable bonds is 4. The highest BCUT2D eigenvalue weighted by Crippen LogP contribution is 2.40. The van der Waals surface area contributed by atoms with Crippen LogP contribution in [0.4, 0.5) is 17.3 Å². The predicted molar refractivity (Wildman–Crippen MR) is 139 cm³/mol. The molecule has 36 heavy (non-hydrogen) atoms. The smallest absolute Gasteiger partial charge is 0.254 e. The van der Waals surface area contributed by atoms with E-state index in [9.17, 15) is 4.79 Å². The third kappa shape index (κ3) is 3.12. The zero-order valence-corrected chi connectivity index (χ0v) is 20.5. The lowest BCUT2D eigenvalue weighted by atomic mass is 9.85. The number of aryl methyl sites for hydroxylation is 1. The number of hydrogen-bond donors (Lipinski definition) is 2. The van der Waals surface area contributed by atoms with E-state index in [2.05, 4.69) is 38.5 Å². The molecule has 7 rings (SSSR count). The standard InChI is InChI=1S/C27H28N8O/c1-33-11-7-18-17(6-10-28-25(18)33)24-19-14-30-26(36)23(19)20(15-29-24)31-21-4-3-5-22(32-21)35-13-9-27(16-35)8-12-34(27)2/h3-7,10-11,15H,8-9,12-14,16H2,1-2H3,(H,30,36)(H,31,32)/t27-/m1/s1. The minimum atomic E-state index is -0.0971. The number of nitrogens with zero attached hydrogens (tertiary/aromatic N) is 6. The fraction of sp³-hybridized carbons (Fsp3) is 0.333. The van der Waals surface area contributed by atoms with Crippen molar-refractivity contribution in [3.63, 3.8) is 0 Å². The normalized spacial score (nSPS) is 21.2. The van der Waals surface area contributed by atoms with E-state index in [4.69, 9.17) is 9.97 Å². The van der Waals surface area contributed by atoms with Gasteiger partial charge < -0.3 is 20.1 Å². The van der Waals surface area contributed by atoms with Gasteiger partial charge in [0.1, 0.15) is 17.3 Å². The molecule has 4 aromatic rings. The van der Waals surface area contributed by atoms with Crippen molar-refractivity contribution >= 4 is 34.3 Å². The van der Waals surface area contributed by atoms with Crippen molar-refractivity contribution in [1.29, 1.82) is 0 Å². The second kappa shape index (κ2) is 7.76. The molecule has 9 heteroatoms. The quantitative estimate of drug-likeness (QED) is 0.463. The highest BCUT2D eigenvalue weighted by atomic mass is 16.1. The van der Waals surface area contributed by atoms with Crippen molar-refractivity contribution in [3.05, 3.63) is 60.0 Å². The summed E-state index contributed by atoms with van der Waals surface area (Å²) in [6, 6.07) is 10.0. The van der Waals surface area contributed by atoms with Crippen LogP contribution in [0.2, 0.25) is 0 Å². The van der Waals surface area contributed by atoms with Gasteiger partial charge in [-0.2, -0.15) is 0 Å². The molecule has 2 saturated heterocycles. The maximum Gasteiger partial charge on any atom is 0.254 e. The minimum absolute atomic E-state index is 0.0971. The van der Waals surface area contributed by atoms with Crippen LogP contribution in [0.3, 0.4) is 0 Å². The van der Waals surface area contributed by atoms with Gasteiger partial charge in [0, 0.05) is 67.7 Å². The summed E-state index contributed by atoms with van der Waals surface area (Å²) in [6.45, 7) is 3.64. The monoisotopic (exact) mass is 480 g/mol. The van der Waals surface area contributed by atoms with Gasteiger partial charge in [0.05, 0.1) is 23.1 Å². The van der Waals surface area contributed by atoms with E-state index in [0.29, 0.717) is 29.2 Å². The topological polar surface area (TPSA) is 91.2 Å². The molecule has 9 nitrogen and oxygen atoms in total. The van der Waals surface area contributed by atoms with E-state index in [1.165, 1.54) is 19.4 Å². The lowest BCUT2D eigenvalue weighted by Gasteiger charge is -2.48. The first kappa shape index (κ1) is 21.3. The summed E-state index contributed by atoms with van der Waals surface area (Å²) in [5.41, 5.74) is 5.17. The molecule has 4 aromatic heterocycles. The molecule has 0 bridgehead atoms. The molecule has 0 aliphatic carbocycles. The molecule has 3 aliphatic rings. The molecule has 1 atom stereocenters. The number of pyridine rings is 3. The van der Waals surface area contributed by atoms with Gasteiger partial charge in [-0.3, -0.25) is 14.7 Å². The fourth-order valence-corrected chi connectivity index (χ4v) is 5.97. The number of carbonyl (C=O) groups excluding carboxylic acids is 1. The van der Waals surface area contributed by atoms with Crippen LogP contribution in [0.1, 0.15) is 28.8 Å². The van der Waals surface area contributed by atoms with Crippen molar-refractivity contribution in [2.45, 2.75) is 24.9 Å². The van der Waals surface area contributed by atoms with Gasteiger partial charge in [-0.05, 0) is 44.2 Å². The number of fused-ring (bicyclic) bond motifs is 2. The number of amides is 1. The zero-order chi connectivity index (χ0) is 24.4. The number of carbonyl (C=O) groups is 1. The van der Waals surface area contributed by atoms with Gasteiger partial charge in [-0.15, -0.1) is 0 Å². The van der Waals surface area contributed by atoms with Crippen molar-refractivity contribution in [3.8, 4) is 11.3 Å². The number of likely N-dealkylation sites (N-methyl/N-ethyl adjacent to an activating group) is 1.